The molecule has 0 atom stereocenters. The highest BCUT2D eigenvalue weighted by Gasteiger charge is 2.08. The molecule has 5 heteroatoms. The highest BCUT2D eigenvalue weighted by atomic mass is 32.1. The molecule has 3 rings (SSSR count). The normalized spacial score (nSPS) is 10.7. The molecule has 0 spiro atoms. The summed E-state index contributed by atoms with van der Waals surface area (Å²) in [5, 5.41) is 8.89. The van der Waals surface area contributed by atoms with Crippen LogP contribution in [0.25, 0.3) is 6.08 Å². The zero-order valence-corrected chi connectivity index (χ0v) is 17.9. The first kappa shape index (κ1) is 21.4. The molecule has 0 saturated heterocycles. The molecule has 3 aromatic rings. The third kappa shape index (κ3) is 5.59. The number of carbonyl (C=O) groups excluding carboxylic acids is 1. The zero-order valence-electron chi connectivity index (χ0n) is 17.1. The molecule has 0 aliphatic rings. The smallest absolute Gasteiger partial charge is 0.195 e. The Balaban J connectivity index is 1.70. The van der Waals surface area contributed by atoms with Gasteiger partial charge in [0.15, 0.2) is 5.78 Å². The molecule has 1 heterocycles. The predicted octanol–water partition coefficient (Wildman–Crippen LogP) is 6.06. The minimum Gasteiger partial charge on any atom is -0.496 e. The molecule has 30 heavy (non-hydrogen) atoms. The first-order valence-electron chi connectivity index (χ1n) is 9.74. The second-order valence-electron chi connectivity index (χ2n) is 6.71. The van der Waals surface area contributed by atoms with Crippen LogP contribution in [0.15, 0.2) is 60.7 Å². The van der Waals surface area contributed by atoms with E-state index in [1.807, 2.05) is 36.4 Å². The lowest BCUT2D eigenvalue weighted by Crippen LogP contribution is -1.99. The Morgan fingerprint density at radius 3 is 2.63 bits per heavy atom. The van der Waals surface area contributed by atoms with Gasteiger partial charge in [0.05, 0.1) is 23.6 Å². The summed E-state index contributed by atoms with van der Waals surface area (Å²) in [5.74, 6) is 1.40. The predicted molar refractivity (Wildman–Crippen MR) is 120 cm³/mol. The molecule has 2 aromatic carbocycles. The summed E-state index contributed by atoms with van der Waals surface area (Å²) in [5.41, 5.74) is 2.36. The number of allylic oxidation sites excluding steroid dienone is 1. The monoisotopic (exact) mass is 417 g/mol. The average Bonchev–Trinajstić information content (AvgIpc) is 3.25. The Hall–Kier alpha value is -3.36. The van der Waals surface area contributed by atoms with Crippen molar-refractivity contribution < 1.29 is 14.3 Å². The standard InChI is InChI=1S/C25H23NO3S/c1-3-4-22-11-14-25(30-22)23(27)12-7-18-8-13-24(28-2)20(15-18)17-29-21-9-5-19(16-26)6-10-21/h5-15H,3-4,17H2,1-2H3/b12-7+. The fraction of sp³-hybridized carbons (Fsp3) is 0.200. The minimum absolute atomic E-state index is 0.00792. The van der Waals surface area contributed by atoms with Gasteiger partial charge in [-0.15, -0.1) is 11.3 Å². The number of benzene rings is 2. The molecule has 0 aliphatic carbocycles. The van der Waals surface area contributed by atoms with Gasteiger partial charge in [0.1, 0.15) is 18.1 Å². The number of hydrogen-bond donors (Lipinski definition) is 0. The second-order valence-corrected chi connectivity index (χ2v) is 7.88. The van der Waals surface area contributed by atoms with Crippen molar-refractivity contribution in [2.45, 2.75) is 26.4 Å². The van der Waals surface area contributed by atoms with Crippen LogP contribution < -0.4 is 9.47 Å². The van der Waals surface area contributed by atoms with Crippen LogP contribution in [-0.2, 0) is 13.0 Å². The van der Waals surface area contributed by atoms with Gasteiger partial charge < -0.3 is 9.47 Å². The van der Waals surface area contributed by atoms with E-state index in [1.54, 1.807) is 48.8 Å². The number of hydrogen-bond acceptors (Lipinski definition) is 5. The van der Waals surface area contributed by atoms with Crippen molar-refractivity contribution in [1.29, 1.82) is 5.26 Å². The van der Waals surface area contributed by atoms with E-state index >= 15 is 0 Å². The topological polar surface area (TPSA) is 59.3 Å². The number of rotatable bonds is 9. The molecule has 0 radical (unpaired) electrons. The van der Waals surface area contributed by atoms with Crippen molar-refractivity contribution in [2.24, 2.45) is 0 Å². The molecular formula is C25H23NO3S. The zero-order chi connectivity index (χ0) is 21.3. The molecule has 1 aromatic heterocycles. The number of thiophene rings is 1. The summed E-state index contributed by atoms with van der Waals surface area (Å²) >= 11 is 1.56. The summed E-state index contributed by atoms with van der Waals surface area (Å²) in [6, 6.07) is 18.7. The van der Waals surface area contributed by atoms with E-state index in [0.717, 1.165) is 34.6 Å². The number of carbonyl (C=O) groups is 1. The molecule has 0 amide bonds. The lowest BCUT2D eigenvalue weighted by Gasteiger charge is -2.11. The molecule has 4 nitrogen and oxygen atoms in total. The van der Waals surface area contributed by atoms with Crippen LogP contribution in [0.5, 0.6) is 11.5 Å². The van der Waals surface area contributed by atoms with Crippen LogP contribution in [0.2, 0.25) is 0 Å². The maximum atomic E-state index is 12.5. The molecule has 0 N–H and O–H groups in total. The Kier molecular flexibility index (Phi) is 7.42. The van der Waals surface area contributed by atoms with Crippen LogP contribution in [0.1, 0.15) is 44.6 Å². The summed E-state index contributed by atoms with van der Waals surface area (Å²) in [6.45, 7) is 2.45. The van der Waals surface area contributed by atoms with E-state index in [4.69, 9.17) is 14.7 Å². The molecule has 152 valence electrons. The van der Waals surface area contributed by atoms with Gasteiger partial charge in [0, 0.05) is 10.4 Å². The van der Waals surface area contributed by atoms with Crippen molar-refractivity contribution >= 4 is 23.2 Å². The lowest BCUT2D eigenvalue weighted by molar-refractivity contribution is 0.105. The molecule has 0 saturated carbocycles. The molecular weight excluding hydrogens is 394 g/mol. The largest absolute Gasteiger partial charge is 0.496 e. The van der Waals surface area contributed by atoms with E-state index in [9.17, 15) is 4.79 Å². The van der Waals surface area contributed by atoms with Crippen LogP contribution in [-0.4, -0.2) is 12.9 Å². The Morgan fingerprint density at radius 1 is 1.13 bits per heavy atom. The van der Waals surface area contributed by atoms with Crippen LogP contribution in [0.4, 0.5) is 0 Å². The van der Waals surface area contributed by atoms with Gasteiger partial charge in [-0.25, -0.2) is 0 Å². The summed E-state index contributed by atoms with van der Waals surface area (Å²) in [7, 11) is 1.62. The summed E-state index contributed by atoms with van der Waals surface area (Å²) in [6.07, 6.45) is 5.49. The van der Waals surface area contributed by atoms with Gasteiger partial charge >= 0.3 is 0 Å². The minimum atomic E-state index is 0.00792. The molecule has 0 unspecified atom stereocenters. The maximum absolute atomic E-state index is 12.5. The van der Waals surface area contributed by atoms with Gasteiger partial charge in [-0.05, 0) is 66.6 Å². The Bertz CT molecular complexity index is 1070. The Morgan fingerprint density at radius 2 is 1.93 bits per heavy atom. The Labute approximate surface area is 181 Å². The summed E-state index contributed by atoms with van der Waals surface area (Å²) < 4.78 is 11.3. The highest BCUT2D eigenvalue weighted by molar-refractivity contribution is 7.14. The number of ether oxygens (including phenoxy) is 2. The third-order valence-electron chi connectivity index (χ3n) is 4.51. The van der Waals surface area contributed by atoms with Crippen molar-refractivity contribution in [2.75, 3.05) is 7.11 Å². The van der Waals surface area contributed by atoms with Gasteiger partial charge in [0.25, 0.3) is 0 Å². The SMILES string of the molecule is CCCc1ccc(C(=O)/C=C/c2ccc(OC)c(COc3ccc(C#N)cc3)c2)s1. The lowest BCUT2D eigenvalue weighted by atomic mass is 10.1. The van der Waals surface area contributed by atoms with Crippen molar-refractivity contribution in [3.63, 3.8) is 0 Å². The third-order valence-corrected chi connectivity index (χ3v) is 5.67. The van der Waals surface area contributed by atoms with Crippen LogP contribution in [0.3, 0.4) is 0 Å². The second kappa shape index (κ2) is 10.4. The van der Waals surface area contributed by atoms with Gasteiger partial charge in [-0.2, -0.15) is 5.26 Å². The van der Waals surface area contributed by atoms with Crippen molar-refractivity contribution in [1.82, 2.24) is 0 Å². The number of nitrogens with zero attached hydrogens (tertiary/aromatic N) is 1. The van der Waals surface area contributed by atoms with Crippen LogP contribution in [0, 0.1) is 11.3 Å². The van der Waals surface area contributed by atoms with E-state index < -0.39 is 0 Å². The highest BCUT2D eigenvalue weighted by Crippen LogP contribution is 2.24. The number of ketones is 1. The van der Waals surface area contributed by atoms with E-state index in [1.165, 1.54) is 4.88 Å². The fourth-order valence-corrected chi connectivity index (χ4v) is 3.98. The molecule has 0 fully saturated rings. The van der Waals surface area contributed by atoms with Crippen molar-refractivity contribution in [3.8, 4) is 17.6 Å². The van der Waals surface area contributed by atoms with Gasteiger partial charge in [0.2, 0.25) is 0 Å². The maximum Gasteiger partial charge on any atom is 0.195 e. The quantitative estimate of drug-likeness (QED) is 0.314. The van der Waals surface area contributed by atoms with E-state index in [-0.39, 0.29) is 5.78 Å². The number of nitriles is 1. The molecule has 0 aliphatic heterocycles. The van der Waals surface area contributed by atoms with Gasteiger partial charge in [-0.3, -0.25) is 4.79 Å². The first-order chi connectivity index (χ1) is 14.6. The summed E-state index contributed by atoms with van der Waals surface area (Å²) in [4.78, 5) is 14.5. The van der Waals surface area contributed by atoms with E-state index in [0.29, 0.717) is 17.9 Å². The van der Waals surface area contributed by atoms with Crippen LogP contribution >= 0.6 is 11.3 Å². The number of aryl methyl sites for hydroxylation is 1. The molecule has 0 bridgehead atoms. The van der Waals surface area contributed by atoms with Crippen molar-refractivity contribution in [3.05, 3.63) is 87.1 Å². The first-order valence-corrected chi connectivity index (χ1v) is 10.6. The van der Waals surface area contributed by atoms with Gasteiger partial charge in [-0.1, -0.05) is 25.5 Å². The number of methoxy groups -OCH3 is 1. The fourth-order valence-electron chi connectivity index (χ4n) is 2.95. The van der Waals surface area contributed by atoms with E-state index in [2.05, 4.69) is 13.0 Å². The average molecular weight is 418 g/mol.